The predicted octanol–water partition coefficient (Wildman–Crippen LogP) is 2.46. The summed E-state index contributed by atoms with van der Waals surface area (Å²) in [6.07, 6.45) is 2.21. The van der Waals surface area contributed by atoms with Crippen LogP contribution < -0.4 is 15.8 Å². The van der Waals surface area contributed by atoms with Gasteiger partial charge < -0.3 is 15.8 Å². The minimum atomic E-state index is 0.386. The van der Waals surface area contributed by atoms with Crippen molar-refractivity contribution in [3.8, 4) is 5.75 Å². The molecule has 3 nitrogen and oxygen atoms in total. The topological polar surface area (TPSA) is 47.3 Å². The van der Waals surface area contributed by atoms with Crippen molar-refractivity contribution in [2.45, 2.75) is 24.9 Å². The van der Waals surface area contributed by atoms with Gasteiger partial charge in [-0.2, -0.15) is 0 Å². The number of nitrogens with one attached hydrogen (secondary N) is 1. The summed E-state index contributed by atoms with van der Waals surface area (Å²) in [5.41, 5.74) is 7.15. The summed E-state index contributed by atoms with van der Waals surface area (Å²) >= 11 is 3.53. The average Bonchev–Trinajstić information content (AvgIpc) is 2.28. The molecule has 0 heterocycles. The zero-order chi connectivity index (χ0) is 12.4. The van der Waals surface area contributed by atoms with E-state index in [-0.39, 0.29) is 0 Å². The van der Waals surface area contributed by atoms with Gasteiger partial charge in [-0.3, -0.25) is 0 Å². The van der Waals surface area contributed by atoms with Gasteiger partial charge in [0.2, 0.25) is 0 Å². The Bertz CT molecular complexity index is 391. The van der Waals surface area contributed by atoms with Crippen molar-refractivity contribution in [2.75, 3.05) is 14.2 Å². The zero-order valence-corrected chi connectivity index (χ0v) is 11.8. The Morgan fingerprint density at radius 2 is 2.18 bits per heavy atom. The molecule has 1 aromatic rings. The van der Waals surface area contributed by atoms with Gasteiger partial charge in [0.15, 0.2) is 0 Å². The van der Waals surface area contributed by atoms with Gasteiger partial charge in [-0.15, -0.1) is 0 Å². The highest BCUT2D eigenvalue weighted by atomic mass is 79.9. The molecule has 2 rings (SSSR count). The van der Waals surface area contributed by atoms with E-state index in [1.165, 1.54) is 5.56 Å². The van der Waals surface area contributed by atoms with E-state index >= 15 is 0 Å². The van der Waals surface area contributed by atoms with Crippen molar-refractivity contribution < 1.29 is 4.74 Å². The van der Waals surface area contributed by atoms with Gasteiger partial charge in [0.25, 0.3) is 0 Å². The summed E-state index contributed by atoms with van der Waals surface area (Å²) in [7, 11) is 3.69. The predicted molar refractivity (Wildman–Crippen MR) is 73.2 cm³/mol. The van der Waals surface area contributed by atoms with Crippen LogP contribution >= 0.6 is 15.9 Å². The molecular weight excluding hydrogens is 280 g/mol. The fourth-order valence-corrected chi connectivity index (χ4v) is 3.09. The van der Waals surface area contributed by atoms with Crippen LogP contribution in [0.25, 0.3) is 0 Å². The number of methoxy groups -OCH3 is 1. The van der Waals surface area contributed by atoms with Crippen LogP contribution in [0.2, 0.25) is 0 Å². The molecule has 0 aromatic heterocycles. The van der Waals surface area contributed by atoms with Crippen molar-refractivity contribution in [1.82, 2.24) is 5.32 Å². The van der Waals surface area contributed by atoms with E-state index in [2.05, 4.69) is 33.4 Å². The van der Waals surface area contributed by atoms with E-state index in [0.717, 1.165) is 23.1 Å². The number of benzene rings is 1. The normalized spacial score (nSPS) is 25.2. The van der Waals surface area contributed by atoms with E-state index < -0.39 is 0 Å². The summed E-state index contributed by atoms with van der Waals surface area (Å²) in [5.74, 6) is 1.52. The first-order valence-corrected chi connectivity index (χ1v) is 6.71. The van der Waals surface area contributed by atoms with Crippen LogP contribution in [0.3, 0.4) is 0 Å². The molecule has 0 bridgehead atoms. The largest absolute Gasteiger partial charge is 0.496 e. The SMILES string of the molecule is CNC(c1ccc(OC)c(Br)c1)C1CC(N)C1. The first kappa shape index (κ1) is 12.9. The monoisotopic (exact) mass is 298 g/mol. The van der Waals surface area contributed by atoms with Crippen LogP contribution in [0, 0.1) is 5.92 Å². The van der Waals surface area contributed by atoms with Gasteiger partial charge in [0.1, 0.15) is 5.75 Å². The number of hydrogen-bond acceptors (Lipinski definition) is 3. The molecule has 1 atom stereocenters. The van der Waals surface area contributed by atoms with Gasteiger partial charge in [0.05, 0.1) is 11.6 Å². The lowest BCUT2D eigenvalue weighted by atomic mass is 9.74. The third kappa shape index (κ3) is 2.64. The van der Waals surface area contributed by atoms with E-state index in [1.807, 2.05) is 13.1 Å². The third-order valence-electron chi connectivity index (χ3n) is 3.53. The van der Waals surface area contributed by atoms with Crippen LogP contribution in [0.4, 0.5) is 0 Å². The van der Waals surface area contributed by atoms with E-state index in [0.29, 0.717) is 18.0 Å². The first-order valence-electron chi connectivity index (χ1n) is 5.92. The van der Waals surface area contributed by atoms with Gasteiger partial charge in [0, 0.05) is 12.1 Å². The molecule has 1 fully saturated rings. The minimum absolute atomic E-state index is 0.386. The Kier molecular flexibility index (Phi) is 4.07. The second-order valence-corrected chi connectivity index (χ2v) is 5.51. The lowest BCUT2D eigenvalue weighted by Crippen LogP contribution is -2.42. The Hall–Kier alpha value is -0.580. The molecule has 0 spiro atoms. The second kappa shape index (κ2) is 5.38. The molecule has 1 aromatic carbocycles. The van der Waals surface area contributed by atoms with Gasteiger partial charge in [-0.05, 0) is 59.4 Å². The standard InChI is InChI=1S/C13H19BrN2O/c1-16-13(9-5-10(15)6-9)8-3-4-12(17-2)11(14)7-8/h3-4,7,9-10,13,16H,5-6,15H2,1-2H3. The highest BCUT2D eigenvalue weighted by Gasteiger charge is 2.33. The molecule has 4 heteroatoms. The molecule has 1 aliphatic rings. The maximum Gasteiger partial charge on any atom is 0.133 e. The fraction of sp³-hybridized carbons (Fsp3) is 0.538. The van der Waals surface area contributed by atoms with Gasteiger partial charge in [-0.1, -0.05) is 6.07 Å². The van der Waals surface area contributed by atoms with E-state index in [4.69, 9.17) is 10.5 Å². The second-order valence-electron chi connectivity index (χ2n) is 4.65. The van der Waals surface area contributed by atoms with Crippen LogP contribution in [0.1, 0.15) is 24.4 Å². The fourth-order valence-electron chi connectivity index (χ4n) is 2.53. The maximum absolute atomic E-state index is 5.86. The smallest absolute Gasteiger partial charge is 0.133 e. The quantitative estimate of drug-likeness (QED) is 0.898. The van der Waals surface area contributed by atoms with E-state index in [9.17, 15) is 0 Å². The lowest BCUT2D eigenvalue weighted by molar-refractivity contribution is 0.204. The summed E-state index contributed by atoms with van der Waals surface area (Å²) < 4.78 is 6.25. The van der Waals surface area contributed by atoms with Crippen molar-refractivity contribution in [1.29, 1.82) is 0 Å². The number of hydrogen-bond donors (Lipinski definition) is 2. The summed E-state index contributed by atoms with van der Waals surface area (Å²) in [6, 6.07) is 7.02. The molecule has 0 radical (unpaired) electrons. The minimum Gasteiger partial charge on any atom is -0.496 e. The van der Waals surface area contributed by atoms with Crippen molar-refractivity contribution in [2.24, 2.45) is 11.7 Å². The van der Waals surface area contributed by atoms with Crippen LogP contribution in [-0.2, 0) is 0 Å². The highest BCUT2D eigenvalue weighted by molar-refractivity contribution is 9.10. The molecule has 0 aliphatic heterocycles. The maximum atomic E-state index is 5.86. The average molecular weight is 299 g/mol. The number of rotatable bonds is 4. The van der Waals surface area contributed by atoms with Crippen molar-refractivity contribution in [3.05, 3.63) is 28.2 Å². The Labute approximate surface area is 111 Å². The number of ether oxygens (including phenoxy) is 1. The van der Waals surface area contributed by atoms with Gasteiger partial charge in [-0.25, -0.2) is 0 Å². The molecule has 1 saturated carbocycles. The summed E-state index contributed by atoms with van der Waals surface area (Å²) in [4.78, 5) is 0. The zero-order valence-electron chi connectivity index (χ0n) is 10.2. The Morgan fingerprint density at radius 1 is 1.47 bits per heavy atom. The molecular formula is C13H19BrN2O. The highest BCUT2D eigenvalue weighted by Crippen LogP contribution is 2.38. The van der Waals surface area contributed by atoms with E-state index in [1.54, 1.807) is 7.11 Å². The molecule has 1 aliphatic carbocycles. The molecule has 0 amide bonds. The summed E-state index contributed by atoms with van der Waals surface area (Å²) in [6.45, 7) is 0. The van der Waals surface area contributed by atoms with Crippen molar-refractivity contribution in [3.63, 3.8) is 0 Å². The van der Waals surface area contributed by atoms with Crippen LogP contribution in [0.15, 0.2) is 22.7 Å². The molecule has 94 valence electrons. The van der Waals surface area contributed by atoms with Gasteiger partial charge >= 0.3 is 0 Å². The van der Waals surface area contributed by atoms with Crippen LogP contribution in [0.5, 0.6) is 5.75 Å². The number of halogens is 1. The summed E-state index contributed by atoms with van der Waals surface area (Å²) in [5, 5.41) is 3.39. The molecule has 1 unspecified atom stereocenters. The number of nitrogens with two attached hydrogens (primary N) is 1. The van der Waals surface area contributed by atoms with Crippen molar-refractivity contribution >= 4 is 15.9 Å². The Balaban J connectivity index is 2.16. The molecule has 3 N–H and O–H groups in total. The first-order chi connectivity index (χ1) is 8.15. The van der Waals surface area contributed by atoms with Crippen LogP contribution in [-0.4, -0.2) is 20.2 Å². The Morgan fingerprint density at radius 3 is 2.65 bits per heavy atom. The molecule has 0 saturated heterocycles. The molecule has 17 heavy (non-hydrogen) atoms. The third-order valence-corrected chi connectivity index (χ3v) is 4.15. The lowest BCUT2D eigenvalue weighted by Gasteiger charge is -2.38.